The lowest BCUT2D eigenvalue weighted by molar-refractivity contribution is -0.00709. The predicted octanol–water partition coefficient (Wildman–Crippen LogP) is 4.85. The number of carbonyl (C=O) groups is 2. The minimum Gasteiger partial charge on any atom is -0.490 e. The summed E-state index contributed by atoms with van der Waals surface area (Å²) in [5.74, 6) is 0.565. The number of amides is 1. The number of benzene rings is 1. The van der Waals surface area contributed by atoms with E-state index >= 15 is 0 Å². The quantitative estimate of drug-likeness (QED) is 0.704. The first kappa shape index (κ1) is 19.0. The number of nitrogens with zero attached hydrogens (tertiary/aromatic N) is 1. The molecule has 1 unspecified atom stereocenters. The number of rotatable bonds is 3. The second-order valence-corrected chi connectivity index (χ2v) is 8.59. The van der Waals surface area contributed by atoms with Crippen LogP contribution < -0.4 is 4.74 Å². The van der Waals surface area contributed by atoms with Crippen LogP contribution in [0.5, 0.6) is 5.75 Å². The van der Waals surface area contributed by atoms with E-state index in [1.54, 1.807) is 18.2 Å². The van der Waals surface area contributed by atoms with Gasteiger partial charge in [0.1, 0.15) is 17.5 Å². The number of ether oxygens (including phenoxy) is 2. The Morgan fingerprint density at radius 2 is 1.77 bits per heavy atom. The number of carbonyl (C=O) groups excluding carboxylic acids is 2. The standard InChI is InChI=1S/C20H26ClNO4/c1-12(23)17-11-15(7-8-18(17)21)25-16-9-13-5-6-14(10-16)22(13)19(24)26-20(2,3)4/h7-8,11,13-14,16H,5-6,9-10H2,1-4H3/t13-,14+,16?. The average molecular weight is 380 g/mol. The first-order valence-electron chi connectivity index (χ1n) is 9.12. The molecule has 1 aromatic carbocycles. The molecule has 1 amide bonds. The number of piperidine rings is 1. The zero-order valence-corrected chi connectivity index (χ0v) is 16.5. The van der Waals surface area contributed by atoms with Gasteiger partial charge in [-0.05, 0) is 58.7 Å². The summed E-state index contributed by atoms with van der Waals surface area (Å²) in [5, 5.41) is 0.435. The van der Waals surface area contributed by atoms with E-state index in [2.05, 4.69) is 0 Å². The van der Waals surface area contributed by atoms with Gasteiger partial charge in [0.2, 0.25) is 0 Å². The first-order chi connectivity index (χ1) is 12.1. The van der Waals surface area contributed by atoms with E-state index in [1.165, 1.54) is 6.92 Å². The lowest BCUT2D eigenvalue weighted by Gasteiger charge is -2.39. The minimum atomic E-state index is -0.490. The van der Waals surface area contributed by atoms with Gasteiger partial charge in [0.15, 0.2) is 5.78 Å². The molecule has 0 radical (unpaired) electrons. The molecule has 2 aliphatic rings. The average Bonchev–Trinajstić information content (AvgIpc) is 2.79. The van der Waals surface area contributed by atoms with Gasteiger partial charge in [-0.2, -0.15) is 0 Å². The van der Waals surface area contributed by atoms with Crippen molar-refractivity contribution in [2.24, 2.45) is 0 Å². The molecule has 5 nitrogen and oxygen atoms in total. The fourth-order valence-corrected chi connectivity index (χ4v) is 4.13. The topological polar surface area (TPSA) is 55.8 Å². The van der Waals surface area contributed by atoms with E-state index in [1.807, 2.05) is 25.7 Å². The first-order valence-corrected chi connectivity index (χ1v) is 9.50. The van der Waals surface area contributed by atoms with Crippen molar-refractivity contribution in [3.05, 3.63) is 28.8 Å². The Hall–Kier alpha value is -1.75. The Morgan fingerprint density at radius 1 is 1.15 bits per heavy atom. The molecule has 0 aliphatic carbocycles. The predicted molar refractivity (Wildman–Crippen MR) is 100.0 cm³/mol. The highest BCUT2D eigenvalue weighted by Crippen LogP contribution is 2.38. The summed E-state index contributed by atoms with van der Waals surface area (Å²) in [4.78, 5) is 26.1. The van der Waals surface area contributed by atoms with E-state index < -0.39 is 5.60 Å². The summed E-state index contributed by atoms with van der Waals surface area (Å²) in [6.45, 7) is 7.14. The molecule has 3 atom stereocenters. The van der Waals surface area contributed by atoms with E-state index in [0.717, 1.165) is 25.7 Å². The maximum absolute atomic E-state index is 12.5. The van der Waals surface area contributed by atoms with Crippen LogP contribution in [0.1, 0.15) is 63.7 Å². The van der Waals surface area contributed by atoms with Crippen molar-refractivity contribution < 1.29 is 19.1 Å². The highest BCUT2D eigenvalue weighted by Gasteiger charge is 2.45. The van der Waals surface area contributed by atoms with E-state index in [4.69, 9.17) is 21.1 Å². The second kappa shape index (κ2) is 7.10. The molecule has 2 saturated heterocycles. The monoisotopic (exact) mass is 379 g/mol. The highest BCUT2D eigenvalue weighted by molar-refractivity contribution is 6.33. The highest BCUT2D eigenvalue weighted by atomic mass is 35.5. The summed E-state index contributed by atoms with van der Waals surface area (Å²) in [5.41, 5.74) is -0.0191. The summed E-state index contributed by atoms with van der Waals surface area (Å²) < 4.78 is 11.7. The second-order valence-electron chi connectivity index (χ2n) is 8.18. The van der Waals surface area contributed by atoms with Crippen LogP contribution in [-0.2, 0) is 4.74 Å². The van der Waals surface area contributed by atoms with Crippen LogP contribution in [0.4, 0.5) is 4.79 Å². The smallest absolute Gasteiger partial charge is 0.410 e. The molecule has 2 fully saturated rings. The normalized spacial score (nSPS) is 25.1. The lowest BCUT2D eigenvalue weighted by atomic mass is 10.00. The molecule has 6 heteroatoms. The number of ketones is 1. The molecule has 142 valence electrons. The van der Waals surface area contributed by atoms with Gasteiger partial charge < -0.3 is 14.4 Å². The number of hydrogen-bond donors (Lipinski definition) is 0. The van der Waals surface area contributed by atoms with Crippen molar-refractivity contribution in [1.82, 2.24) is 4.90 Å². The molecular formula is C20H26ClNO4. The molecule has 0 saturated carbocycles. The molecule has 3 rings (SSSR count). The van der Waals surface area contributed by atoms with Crippen LogP contribution in [-0.4, -0.2) is 40.6 Å². The van der Waals surface area contributed by atoms with Crippen LogP contribution in [0.25, 0.3) is 0 Å². The fourth-order valence-electron chi connectivity index (χ4n) is 3.88. The van der Waals surface area contributed by atoms with Crippen LogP contribution in [0.15, 0.2) is 18.2 Å². The van der Waals surface area contributed by atoms with Crippen LogP contribution in [0.2, 0.25) is 5.02 Å². The van der Waals surface area contributed by atoms with E-state index in [-0.39, 0.29) is 30.1 Å². The van der Waals surface area contributed by atoms with Crippen molar-refractivity contribution in [2.45, 2.75) is 77.2 Å². The largest absolute Gasteiger partial charge is 0.490 e. The van der Waals surface area contributed by atoms with Gasteiger partial charge in [-0.3, -0.25) is 4.79 Å². The summed E-state index contributed by atoms with van der Waals surface area (Å²) in [6.07, 6.45) is 3.29. The third kappa shape index (κ3) is 4.14. The van der Waals surface area contributed by atoms with Gasteiger partial charge in [-0.25, -0.2) is 4.79 Å². The van der Waals surface area contributed by atoms with E-state index in [0.29, 0.717) is 16.3 Å². The maximum Gasteiger partial charge on any atom is 0.410 e. The SMILES string of the molecule is CC(=O)c1cc(OC2C[C@H]3CC[C@@H](C2)N3C(=O)OC(C)(C)C)ccc1Cl. The van der Waals surface area contributed by atoms with Crippen LogP contribution in [0, 0.1) is 0 Å². The van der Waals surface area contributed by atoms with Gasteiger partial charge in [-0.1, -0.05) is 11.6 Å². The van der Waals surface area contributed by atoms with Crippen molar-refractivity contribution in [1.29, 1.82) is 0 Å². The Bertz CT molecular complexity index is 698. The molecular weight excluding hydrogens is 354 g/mol. The van der Waals surface area contributed by atoms with Gasteiger partial charge in [0.25, 0.3) is 0 Å². The Labute approximate surface area is 159 Å². The summed E-state index contributed by atoms with van der Waals surface area (Å²) in [7, 11) is 0. The van der Waals surface area contributed by atoms with Gasteiger partial charge in [-0.15, -0.1) is 0 Å². The summed E-state index contributed by atoms with van der Waals surface area (Å²) in [6, 6.07) is 5.48. The van der Waals surface area contributed by atoms with Gasteiger partial charge in [0.05, 0.1) is 5.02 Å². The van der Waals surface area contributed by atoms with Gasteiger partial charge in [0, 0.05) is 30.5 Å². The third-order valence-corrected chi connectivity index (χ3v) is 5.24. The molecule has 26 heavy (non-hydrogen) atoms. The van der Waals surface area contributed by atoms with Crippen LogP contribution in [0.3, 0.4) is 0 Å². The molecule has 1 aromatic rings. The molecule has 2 heterocycles. The minimum absolute atomic E-state index is 0.0205. The molecule has 2 bridgehead atoms. The van der Waals surface area contributed by atoms with Crippen molar-refractivity contribution in [2.75, 3.05) is 0 Å². The van der Waals surface area contributed by atoms with E-state index in [9.17, 15) is 9.59 Å². The molecule has 0 N–H and O–H groups in total. The summed E-state index contributed by atoms with van der Waals surface area (Å²) >= 11 is 6.06. The molecule has 0 spiro atoms. The van der Waals surface area contributed by atoms with Crippen molar-refractivity contribution in [3.63, 3.8) is 0 Å². The Kier molecular flexibility index (Phi) is 5.20. The zero-order chi connectivity index (χ0) is 19.1. The molecule has 0 aromatic heterocycles. The number of fused-ring (bicyclic) bond motifs is 2. The maximum atomic E-state index is 12.5. The number of halogens is 1. The van der Waals surface area contributed by atoms with Gasteiger partial charge >= 0.3 is 6.09 Å². The van der Waals surface area contributed by atoms with Crippen molar-refractivity contribution >= 4 is 23.5 Å². The molecule has 2 aliphatic heterocycles. The van der Waals surface area contributed by atoms with Crippen LogP contribution >= 0.6 is 11.6 Å². The third-order valence-electron chi connectivity index (χ3n) is 4.91. The lowest BCUT2D eigenvalue weighted by Crippen LogP contribution is -2.50. The number of Topliss-reactive ketones (excluding diaryl/α,β-unsaturated/α-hetero) is 1. The van der Waals surface area contributed by atoms with Crippen molar-refractivity contribution in [3.8, 4) is 5.75 Å². The zero-order valence-electron chi connectivity index (χ0n) is 15.8. The fraction of sp³-hybridized carbons (Fsp3) is 0.600. The Balaban J connectivity index is 1.67. The number of hydrogen-bond acceptors (Lipinski definition) is 4. The Morgan fingerprint density at radius 3 is 2.31 bits per heavy atom.